The Balaban J connectivity index is 2.79. The summed E-state index contributed by atoms with van der Waals surface area (Å²) in [7, 11) is 1.66. The second-order valence-corrected chi connectivity index (χ2v) is 3.11. The van der Waals surface area contributed by atoms with Gasteiger partial charge >= 0.3 is 0 Å². The van der Waals surface area contributed by atoms with E-state index in [1.54, 1.807) is 7.11 Å². The number of aromatic nitrogens is 1. The van der Waals surface area contributed by atoms with Gasteiger partial charge < -0.3 is 15.5 Å². The first kappa shape index (κ1) is 9.29. The molecule has 3 N–H and O–H groups in total. The Labute approximate surface area is 72.9 Å². The van der Waals surface area contributed by atoms with Crippen LogP contribution in [0.5, 0.6) is 0 Å². The van der Waals surface area contributed by atoms with Gasteiger partial charge in [0.1, 0.15) is 0 Å². The first-order valence-electron chi connectivity index (χ1n) is 4.05. The lowest BCUT2D eigenvalue weighted by molar-refractivity contribution is 0.179. The first-order valence-corrected chi connectivity index (χ1v) is 4.05. The molecule has 0 aliphatic rings. The number of hydrogen-bond donors (Lipinski definition) is 2. The number of ether oxygens (including phenoxy) is 1. The van der Waals surface area contributed by atoms with Gasteiger partial charge in [0.2, 0.25) is 0 Å². The topological polar surface area (TPSA) is 51.0 Å². The molecule has 3 heteroatoms. The maximum absolute atomic E-state index is 5.86. The molecule has 0 fully saturated rings. The van der Waals surface area contributed by atoms with Crippen LogP contribution in [0.1, 0.15) is 23.0 Å². The maximum atomic E-state index is 5.86. The van der Waals surface area contributed by atoms with Crippen LogP contribution in [0.25, 0.3) is 0 Å². The van der Waals surface area contributed by atoms with Gasteiger partial charge in [0.15, 0.2) is 0 Å². The minimum absolute atomic E-state index is 0.0382. The number of aryl methyl sites for hydroxylation is 2. The number of methoxy groups -OCH3 is 1. The molecule has 0 aromatic carbocycles. The van der Waals surface area contributed by atoms with E-state index < -0.39 is 0 Å². The molecule has 0 aliphatic carbocycles. The normalized spacial score (nSPS) is 13.3. The van der Waals surface area contributed by atoms with Crippen molar-refractivity contribution in [3.63, 3.8) is 0 Å². The molecule has 0 radical (unpaired) electrons. The van der Waals surface area contributed by atoms with E-state index in [0.29, 0.717) is 6.61 Å². The molecule has 1 aromatic rings. The molecular formula is C9H16N2O. The highest BCUT2D eigenvalue weighted by Crippen LogP contribution is 2.15. The van der Waals surface area contributed by atoms with Crippen LogP contribution in [-0.2, 0) is 4.74 Å². The highest BCUT2D eigenvalue weighted by atomic mass is 16.5. The van der Waals surface area contributed by atoms with Crippen molar-refractivity contribution in [1.82, 2.24) is 4.98 Å². The average molecular weight is 168 g/mol. The van der Waals surface area contributed by atoms with Gasteiger partial charge in [0.05, 0.1) is 12.6 Å². The van der Waals surface area contributed by atoms with Crippen LogP contribution >= 0.6 is 0 Å². The highest BCUT2D eigenvalue weighted by Gasteiger charge is 2.10. The zero-order valence-electron chi connectivity index (χ0n) is 7.85. The predicted octanol–water partition coefficient (Wildman–Crippen LogP) is 1.28. The van der Waals surface area contributed by atoms with Crippen molar-refractivity contribution in [2.45, 2.75) is 19.9 Å². The number of hydrogen-bond acceptors (Lipinski definition) is 2. The lowest BCUT2D eigenvalue weighted by Gasteiger charge is -2.09. The van der Waals surface area contributed by atoms with Crippen LogP contribution < -0.4 is 5.73 Å². The third kappa shape index (κ3) is 1.87. The molecule has 0 saturated heterocycles. The van der Waals surface area contributed by atoms with Crippen LogP contribution in [0.3, 0.4) is 0 Å². The Bertz CT molecular complexity index is 255. The van der Waals surface area contributed by atoms with Gasteiger partial charge in [0.25, 0.3) is 0 Å². The molecule has 3 nitrogen and oxygen atoms in total. The van der Waals surface area contributed by atoms with Crippen molar-refractivity contribution >= 4 is 0 Å². The molecule has 1 rings (SSSR count). The van der Waals surface area contributed by atoms with E-state index in [-0.39, 0.29) is 6.04 Å². The van der Waals surface area contributed by atoms with E-state index in [1.807, 2.05) is 13.8 Å². The summed E-state index contributed by atoms with van der Waals surface area (Å²) in [5.74, 6) is 0. The van der Waals surface area contributed by atoms with E-state index in [0.717, 1.165) is 11.4 Å². The highest BCUT2D eigenvalue weighted by molar-refractivity contribution is 5.26. The zero-order valence-corrected chi connectivity index (χ0v) is 7.85. The monoisotopic (exact) mass is 168 g/mol. The van der Waals surface area contributed by atoms with Crippen LogP contribution in [0, 0.1) is 13.8 Å². The fourth-order valence-corrected chi connectivity index (χ4v) is 1.40. The van der Waals surface area contributed by atoms with Crippen molar-refractivity contribution in [1.29, 1.82) is 0 Å². The van der Waals surface area contributed by atoms with E-state index in [4.69, 9.17) is 10.5 Å². The van der Waals surface area contributed by atoms with Crippen LogP contribution in [0.4, 0.5) is 0 Å². The summed E-state index contributed by atoms with van der Waals surface area (Å²) in [5, 5.41) is 0. The lowest BCUT2D eigenvalue weighted by atomic mass is 10.1. The molecule has 0 saturated carbocycles. The summed E-state index contributed by atoms with van der Waals surface area (Å²) < 4.78 is 4.98. The van der Waals surface area contributed by atoms with E-state index >= 15 is 0 Å². The molecule has 0 aliphatic heterocycles. The summed E-state index contributed by atoms with van der Waals surface area (Å²) >= 11 is 0. The molecule has 0 spiro atoms. The van der Waals surface area contributed by atoms with Crippen molar-refractivity contribution < 1.29 is 4.74 Å². The SMILES string of the molecule is COC[C@H](N)c1[nH]c(C)cc1C. The molecule has 0 bridgehead atoms. The minimum Gasteiger partial charge on any atom is -0.383 e. The number of nitrogens with two attached hydrogens (primary N) is 1. The zero-order chi connectivity index (χ0) is 9.14. The predicted molar refractivity (Wildman–Crippen MR) is 49.1 cm³/mol. The van der Waals surface area contributed by atoms with Gasteiger partial charge in [-0.25, -0.2) is 0 Å². The molecule has 1 heterocycles. The molecule has 1 aromatic heterocycles. The van der Waals surface area contributed by atoms with Crippen molar-refractivity contribution in [2.75, 3.05) is 13.7 Å². The summed E-state index contributed by atoms with van der Waals surface area (Å²) in [6.45, 7) is 4.63. The quantitative estimate of drug-likeness (QED) is 0.714. The third-order valence-electron chi connectivity index (χ3n) is 1.91. The summed E-state index contributed by atoms with van der Waals surface area (Å²) in [6.07, 6.45) is 0. The Hall–Kier alpha value is -0.800. The summed E-state index contributed by atoms with van der Waals surface area (Å²) in [4.78, 5) is 3.22. The maximum Gasteiger partial charge on any atom is 0.0688 e. The van der Waals surface area contributed by atoms with Gasteiger partial charge in [-0.3, -0.25) is 0 Å². The van der Waals surface area contributed by atoms with Gasteiger partial charge in [-0.15, -0.1) is 0 Å². The van der Waals surface area contributed by atoms with Gasteiger partial charge in [-0.05, 0) is 25.5 Å². The Morgan fingerprint density at radius 1 is 1.58 bits per heavy atom. The molecule has 0 amide bonds. The van der Waals surface area contributed by atoms with Crippen molar-refractivity contribution in [3.8, 4) is 0 Å². The largest absolute Gasteiger partial charge is 0.383 e. The van der Waals surface area contributed by atoms with Crippen LogP contribution in [0.15, 0.2) is 6.07 Å². The van der Waals surface area contributed by atoms with Gasteiger partial charge in [-0.2, -0.15) is 0 Å². The summed E-state index contributed by atoms with van der Waals surface area (Å²) in [5.41, 5.74) is 9.29. The number of nitrogens with one attached hydrogen (secondary N) is 1. The number of rotatable bonds is 3. The molecule has 12 heavy (non-hydrogen) atoms. The van der Waals surface area contributed by atoms with E-state index in [2.05, 4.69) is 11.1 Å². The van der Waals surface area contributed by atoms with E-state index in [1.165, 1.54) is 5.56 Å². The fourth-order valence-electron chi connectivity index (χ4n) is 1.40. The Morgan fingerprint density at radius 3 is 2.67 bits per heavy atom. The average Bonchev–Trinajstić information content (AvgIpc) is 2.30. The van der Waals surface area contributed by atoms with Crippen LogP contribution in [0.2, 0.25) is 0 Å². The molecule has 1 atom stereocenters. The summed E-state index contributed by atoms with van der Waals surface area (Å²) in [6, 6.07) is 2.05. The second kappa shape index (κ2) is 3.74. The molecule has 0 unspecified atom stereocenters. The lowest BCUT2D eigenvalue weighted by Crippen LogP contribution is -2.17. The first-order chi connectivity index (χ1) is 5.65. The van der Waals surface area contributed by atoms with Crippen LogP contribution in [-0.4, -0.2) is 18.7 Å². The third-order valence-corrected chi connectivity index (χ3v) is 1.91. The molecular weight excluding hydrogens is 152 g/mol. The number of H-pyrrole nitrogens is 1. The number of aromatic amines is 1. The second-order valence-electron chi connectivity index (χ2n) is 3.11. The van der Waals surface area contributed by atoms with Crippen molar-refractivity contribution in [2.24, 2.45) is 5.73 Å². The molecule has 68 valence electrons. The Kier molecular flexibility index (Phi) is 2.89. The minimum atomic E-state index is -0.0382. The fraction of sp³-hybridized carbons (Fsp3) is 0.556. The standard InChI is InChI=1S/C9H16N2O/c1-6-4-7(2)11-9(6)8(10)5-12-3/h4,8,11H,5,10H2,1-3H3/t8-/m0/s1. The Morgan fingerprint density at radius 2 is 2.25 bits per heavy atom. The van der Waals surface area contributed by atoms with Gasteiger partial charge in [0, 0.05) is 18.5 Å². The van der Waals surface area contributed by atoms with Gasteiger partial charge in [-0.1, -0.05) is 0 Å². The van der Waals surface area contributed by atoms with Crippen molar-refractivity contribution in [3.05, 3.63) is 23.0 Å². The van der Waals surface area contributed by atoms with E-state index in [9.17, 15) is 0 Å². The smallest absolute Gasteiger partial charge is 0.0688 e.